The molecular formula is C20H21N3O3. The summed E-state index contributed by atoms with van der Waals surface area (Å²) >= 11 is 0. The van der Waals surface area contributed by atoms with Crippen molar-refractivity contribution in [2.75, 3.05) is 7.11 Å². The van der Waals surface area contributed by atoms with Crippen LogP contribution < -0.4 is 4.74 Å². The van der Waals surface area contributed by atoms with Crippen LogP contribution in [-0.4, -0.2) is 33.1 Å². The highest BCUT2D eigenvalue weighted by atomic mass is 16.5. The molecule has 0 saturated carbocycles. The number of aromatic amines is 1. The Kier molecular flexibility index (Phi) is 5.02. The number of carboxylic acid groups (broad SMARTS) is 1. The quantitative estimate of drug-likeness (QED) is 0.709. The first-order valence-electron chi connectivity index (χ1n) is 8.33. The number of ether oxygens (including phenoxy) is 1. The van der Waals surface area contributed by atoms with Gasteiger partial charge in [-0.25, -0.2) is 9.78 Å². The molecule has 0 aliphatic carbocycles. The number of nitrogens with zero attached hydrogens (tertiary/aromatic N) is 2. The van der Waals surface area contributed by atoms with Crippen molar-refractivity contribution in [3.8, 4) is 5.75 Å². The van der Waals surface area contributed by atoms with Gasteiger partial charge in [-0.05, 0) is 31.5 Å². The third-order valence-electron chi connectivity index (χ3n) is 4.35. The van der Waals surface area contributed by atoms with Crippen LogP contribution in [0.3, 0.4) is 0 Å². The summed E-state index contributed by atoms with van der Waals surface area (Å²) in [6.07, 6.45) is 2.18. The third-order valence-corrected chi connectivity index (χ3v) is 4.35. The minimum Gasteiger partial charge on any atom is -0.496 e. The summed E-state index contributed by atoms with van der Waals surface area (Å²) in [5, 5.41) is 9.19. The second-order valence-corrected chi connectivity index (χ2v) is 6.22. The van der Waals surface area contributed by atoms with Gasteiger partial charge >= 0.3 is 5.97 Å². The Bertz CT molecular complexity index is 934. The van der Waals surface area contributed by atoms with Gasteiger partial charge in [0.1, 0.15) is 5.75 Å². The standard InChI is InChI=1S/C20H21N3O3/c1-12-6-4-9-15(18(12)26-3)16(10-14-8-5-7-13(2)22-14)17-11-21-19(23-17)20(24)25/h4-9,11,16H,10H2,1-3H3,(H,21,23)(H,24,25). The molecule has 134 valence electrons. The summed E-state index contributed by atoms with van der Waals surface area (Å²) in [4.78, 5) is 22.7. The molecule has 1 atom stereocenters. The van der Waals surface area contributed by atoms with Gasteiger partial charge in [-0.2, -0.15) is 0 Å². The third kappa shape index (κ3) is 3.59. The smallest absolute Gasteiger partial charge is 0.371 e. The maximum Gasteiger partial charge on any atom is 0.371 e. The number of carbonyl (C=O) groups is 1. The monoisotopic (exact) mass is 351 g/mol. The highest BCUT2D eigenvalue weighted by Gasteiger charge is 2.23. The first kappa shape index (κ1) is 17.7. The molecule has 1 unspecified atom stereocenters. The zero-order valence-corrected chi connectivity index (χ0v) is 15.0. The first-order valence-corrected chi connectivity index (χ1v) is 8.33. The SMILES string of the molecule is COc1c(C)cccc1C(Cc1cccc(C)n1)c1cnc(C(=O)O)[nH]1. The number of carboxylic acids is 1. The number of methoxy groups -OCH3 is 1. The number of rotatable bonds is 6. The second-order valence-electron chi connectivity index (χ2n) is 6.22. The largest absolute Gasteiger partial charge is 0.496 e. The van der Waals surface area contributed by atoms with Gasteiger partial charge in [0.2, 0.25) is 5.82 Å². The summed E-state index contributed by atoms with van der Waals surface area (Å²) in [5.41, 5.74) is 4.56. The Morgan fingerprint density at radius 3 is 2.65 bits per heavy atom. The lowest BCUT2D eigenvalue weighted by Crippen LogP contribution is -2.10. The molecule has 2 heterocycles. The number of H-pyrrole nitrogens is 1. The average Bonchev–Trinajstić information content (AvgIpc) is 3.10. The van der Waals surface area contributed by atoms with E-state index in [4.69, 9.17) is 4.74 Å². The Balaban J connectivity index is 2.09. The number of hydrogen-bond acceptors (Lipinski definition) is 4. The fraction of sp³-hybridized carbons (Fsp3) is 0.250. The van der Waals surface area contributed by atoms with E-state index in [-0.39, 0.29) is 11.7 Å². The Morgan fingerprint density at radius 2 is 2.00 bits per heavy atom. The van der Waals surface area contributed by atoms with Crippen molar-refractivity contribution in [1.29, 1.82) is 0 Å². The lowest BCUT2D eigenvalue weighted by Gasteiger charge is -2.20. The molecule has 0 spiro atoms. The molecule has 0 aliphatic rings. The van der Waals surface area contributed by atoms with Gasteiger partial charge in [-0.1, -0.05) is 24.3 Å². The van der Waals surface area contributed by atoms with Crippen LogP contribution in [0.25, 0.3) is 0 Å². The molecule has 0 fully saturated rings. The molecule has 2 N–H and O–H groups in total. The van der Waals surface area contributed by atoms with Crippen LogP contribution >= 0.6 is 0 Å². The summed E-state index contributed by atoms with van der Waals surface area (Å²) in [6, 6.07) is 11.8. The molecule has 0 bridgehead atoms. The molecule has 26 heavy (non-hydrogen) atoms. The van der Waals surface area contributed by atoms with Crippen molar-refractivity contribution >= 4 is 5.97 Å². The van der Waals surface area contributed by atoms with Crippen LogP contribution in [0.2, 0.25) is 0 Å². The summed E-state index contributed by atoms with van der Waals surface area (Å²) < 4.78 is 5.62. The van der Waals surface area contributed by atoms with Crippen molar-refractivity contribution < 1.29 is 14.6 Å². The lowest BCUT2D eigenvalue weighted by atomic mass is 9.89. The number of hydrogen-bond donors (Lipinski definition) is 2. The van der Waals surface area contributed by atoms with Crippen molar-refractivity contribution in [3.63, 3.8) is 0 Å². The predicted octanol–water partition coefficient (Wildman–Crippen LogP) is 3.50. The normalized spacial score (nSPS) is 12.0. The second kappa shape index (κ2) is 7.39. The fourth-order valence-electron chi connectivity index (χ4n) is 3.16. The molecule has 0 radical (unpaired) electrons. The topological polar surface area (TPSA) is 88.1 Å². The van der Waals surface area contributed by atoms with E-state index in [0.29, 0.717) is 6.42 Å². The minimum absolute atomic E-state index is 0.0752. The molecule has 2 aromatic heterocycles. The summed E-state index contributed by atoms with van der Waals surface area (Å²) in [7, 11) is 1.64. The molecule has 0 aliphatic heterocycles. The fourth-order valence-corrected chi connectivity index (χ4v) is 3.16. The van der Waals surface area contributed by atoms with Gasteiger partial charge in [0.15, 0.2) is 0 Å². The van der Waals surface area contributed by atoms with Crippen LogP contribution in [0.5, 0.6) is 5.75 Å². The number of pyridine rings is 1. The van der Waals surface area contributed by atoms with E-state index in [1.165, 1.54) is 0 Å². The molecule has 6 heteroatoms. The van der Waals surface area contributed by atoms with Gasteiger partial charge in [-0.15, -0.1) is 0 Å². The zero-order valence-electron chi connectivity index (χ0n) is 15.0. The number of aromatic nitrogens is 3. The van der Waals surface area contributed by atoms with Crippen LogP contribution in [0.4, 0.5) is 0 Å². The van der Waals surface area contributed by atoms with Crippen molar-refractivity contribution in [1.82, 2.24) is 15.0 Å². The highest BCUT2D eigenvalue weighted by Crippen LogP contribution is 2.35. The van der Waals surface area contributed by atoms with Gasteiger partial charge in [0, 0.05) is 41.2 Å². The number of benzene rings is 1. The number of imidazole rings is 1. The minimum atomic E-state index is -1.08. The molecule has 0 saturated heterocycles. The van der Waals surface area contributed by atoms with Crippen LogP contribution in [0, 0.1) is 13.8 Å². The molecule has 6 nitrogen and oxygen atoms in total. The number of aromatic carboxylic acids is 1. The highest BCUT2D eigenvalue weighted by molar-refractivity contribution is 5.83. The number of para-hydroxylation sites is 1. The molecule has 3 rings (SSSR count). The summed E-state index contributed by atoms with van der Waals surface area (Å²) in [6.45, 7) is 3.93. The molecule has 0 amide bonds. The van der Waals surface area contributed by atoms with Crippen molar-refractivity contribution in [2.24, 2.45) is 0 Å². The van der Waals surface area contributed by atoms with Crippen molar-refractivity contribution in [3.05, 3.63) is 76.6 Å². The maximum atomic E-state index is 11.2. The predicted molar refractivity (Wildman–Crippen MR) is 97.8 cm³/mol. The van der Waals surface area contributed by atoms with Crippen LogP contribution in [-0.2, 0) is 6.42 Å². The average molecular weight is 351 g/mol. The van der Waals surface area contributed by atoms with Gasteiger partial charge in [-0.3, -0.25) is 4.98 Å². The van der Waals surface area contributed by atoms with Gasteiger partial charge in [0.25, 0.3) is 0 Å². The van der Waals surface area contributed by atoms with Crippen LogP contribution in [0.15, 0.2) is 42.6 Å². The van der Waals surface area contributed by atoms with E-state index < -0.39 is 5.97 Å². The number of nitrogens with one attached hydrogen (secondary N) is 1. The molecule has 3 aromatic rings. The maximum absolute atomic E-state index is 11.2. The Morgan fingerprint density at radius 1 is 1.23 bits per heavy atom. The van der Waals surface area contributed by atoms with Crippen molar-refractivity contribution in [2.45, 2.75) is 26.2 Å². The van der Waals surface area contributed by atoms with E-state index in [0.717, 1.165) is 34.0 Å². The molecular weight excluding hydrogens is 330 g/mol. The van der Waals surface area contributed by atoms with E-state index in [2.05, 4.69) is 15.0 Å². The molecule has 1 aromatic carbocycles. The summed E-state index contributed by atoms with van der Waals surface area (Å²) in [5.74, 6) is -0.523. The van der Waals surface area contributed by atoms with E-state index in [1.54, 1.807) is 13.3 Å². The van der Waals surface area contributed by atoms with Gasteiger partial charge < -0.3 is 14.8 Å². The van der Waals surface area contributed by atoms with E-state index in [1.807, 2.05) is 50.2 Å². The van der Waals surface area contributed by atoms with Gasteiger partial charge in [0.05, 0.1) is 7.11 Å². The zero-order chi connectivity index (χ0) is 18.7. The van der Waals surface area contributed by atoms with E-state index >= 15 is 0 Å². The lowest BCUT2D eigenvalue weighted by molar-refractivity contribution is 0.0684. The van der Waals surface area contributed by atoms with E-state index in [9.17, 15) is 9.90 Å². The Hall–Kier alpha value is -3.15. The number of aryl methyl sites for hydroxylation is 2. The Labute approximate surface area is 151 Å². The van der Waals surface area contributed by atoms with Crippen LogP contribution in [0.1, 0.15) is 44.7 Å². The first-order chi connectivity index (χ1) is 12.5.